The predicted molar refractivity (Wildman–Crippen MR) is 138 cm³/mol. The lowest BCUT2D eigenvalue weighted by atomic mass is 9.93. The van der Waals surface area contributed by atoms with Gasteiger partial charge in [-0.15, -0.1) is 0 Å². The summed E-state index contributed by atoms with van der Waals surface area (Å²) in [6.45, 7) is 1.40. The zero-order chi connectivity index (χ0) is 25.0. The van der Waals surface area contributed by atoms with E-state index in [2.05, 4.69) is 19.9 Å². The molecule has 1 saturated heterocycles. The van der Waals surface area contributed by atoms with Gasteiger partial charge in [-0.25, -0.2) is 4.39 Å². The molecule has 2 saturated carbocycles. The number of hydrogen-bond acceptors (Lipinski definition) is 8. The Morgan fingerprint density at radius 3 is 2.67 bits per heavy atom. The van der Waals surface area contributed by atoms with Crippen molar-refractivity contribution in [3.63, 3.8) is 0 Å². The molecule has 8 nitrogen and oxygen atoms in total. The summed E-state index contributed by atoms with van der Waals surface area (Å²) in [7, 11) is 0. The first-order valence-electron chi connectivity index (χ1n) is 12.7. The van der Waals surface area contributed by atoms with Crippen LogP contribution in [0.1, 0.15) is 55.3 Å². The summed E-state index contributed by atoms with van der Waals surface area (Å²) in [6, 6.07) is 8.93. The molecule has 1 aliphatic heterocycles. The Labute approximate surface area is 215 Å². The third-order valence-electron chi connectivity index (χ3n) is 7.35. The molecule has 10 heteroatoms. The average molecular weight is 517 g/mol. The van der Waals surface area contributed by atoms with Crippen LogP contribution in [-0.4, -0.2) is 55.2 Å². The number of hydrogen-bond donors (Lipinski definition) is 3. The van der Waals surface area contributed by atoms with E-state index >= 15 is 0 Å². The number of rotatable bonds is 11. The number of pyridine rings is 1. The van der Waals surface area contributed by atoms with Crippen molar-refractivity contribution < 1.29 is 23.8 Å². The number of ether oxygens (including phenoxy) is 2. The molecule has 1 spiro atoms. The van der Waals surface area contributed by atoms with Crippen LogP contribution < -0.4 is 24.4 Å². The van der Waals surface area contributed by atoms with Crippen LogP contribution in [0.15, 0.2) is 35.2 Å². The minimum atomic E-state index is -0.980. The van der Waals surface area contributed by atoms with Gasteiger partial charge in [-0.3, -0.25) is 9.52 Å². The molecular weight excluding hydrogens is 483 g/mol. The van der Waals surface area contributed by atoms with E-state index in [0.717, 1.165) is 55.8 Å². The number of carbonyl (C=O) groups is 1. The Morgan fingerprint density at radius 2 is 2.00 bits per heavy atom. The van der Waals surface area contributed by atoms with E-state index in [1.165, 1.54) is 24.8 Å². The van der Waals surface area contributed by atoms with Crippen molar-refractivity contribution in [1.29, 1.82) is 0 Å². The Hall–Kier alpha value is -2.56. The molecule has 1 amide bonds. The van der Waals surface area contributed by atoms with Crippen molar-refractivity contribution in [2.24, 2.45) is 5.41 Å². The van der Waals surface area contributed by atoms with E-state index < -0.39 is 6.86 Å². The molecule has 1 aromatic heterocycles. The van der Waals surface area contributed by atoms with Crippen molar-refractivity contribution >= 4 is 29.4 Å². The van der Waals surface area contributed by atoms with Crippen LogP contribution >= 0.6 is 11.9 Å². The number of aromatic nitrogens is 1. The molecule has 3 fully saturated rings. The maximum atomic E-state index is 13.4. The Bertz CT molecular complexity index is 1070. The number of halogens is 1. The van der Waals surface area contributed by atoms with Gasteiger partial charge in [0, 0.05) is 24.5 Å². The smallest absolute Gasteiger partial charge is 0.259 e. The fourth-order valence-electron chi connectivity index (χ4n) is 4.69. The first-order chi connectivity index (χ1) is 17.6. The molecule has 2 aliphatic carbocycles. The average Bonchev–Trinajstić information content (AvgIpc) is 3.62. The lowest BCUT2D eigenvalue weighted by molar-refractivity contribution is 0.101. The van der Waals surface area contributed by atoms with Gasteiger partial charge in [0.2, 0.25) is 6.86 Å². The number of anilines is 2. The number of alkyl halides is 1. The van der Waals surface area contributed by atoms with Gasteiger partial charge in [-0.2, -0.15) is 4.98 Å². The molecule has 194 valence electrons. The number of piperidine rings is 1. The minimum absolute atomic E-state index is 0.0374. The highest BCUT2D eigenvalue weighted by atomic mass is 32.2. The van der Waals surface area contributed by atoms with E-state index in [4.69, 9.17) is 14.6 Å². The number of nitrogens with one attached hydrogen (secondary N) is 2. The van der Waals surface area contributed by atoms with Gasteiger partial charge in [-0.1, -0.05) is 0 Å². The molecule has 3 aliphatic rings. The van der Waals surface area contributed by atoms with E-state index in [1.54, 1.807) is 12.1 Å². The molecule has 2 heterocycles. The molecule has 0 radical (unpaired) electrons. The quantitative estimate of drug-likeness (QED) is 0.296. The number of aliphatic hydroxyl groups excluding tert-OH is 1. The fourth-order valence-corrected chi connectivity index (χ4v) is 5.35. The molecule has 2 aromatic rings. The van der Waals surface area contributed by atoms with Gasteiger partial charge in [0.1, 0.15) is 11.9 Å². The SMILES string of the molecule is O=C(Nc1ccc(OCF)c(OC2CCC2)n1)c1ccc(SNCCO)cc1N1CCC2(CC1)CC2. The van der Waals surface area contributed by atoms with Crippen LogP contribution in [0.4, 0.5) is 15.9 Å². The predicted octanol–water partition coefficient (Wildman–Crippen LogP) is 4.54. The van der Waals surface area contributed by atoms with Crippen LogP contribution in [0.25, 0.3) is 0 Å². The summed E-state index contributed by atoms with van der Waals surface area (Å²) in [5.41, 5.74) is 1.99. The number of nitrogens with zero attached hydrogens (tertiary/aromatic N) is 2. The Balaban J connectivity index is 1.35. The molecule has 0 unspecified atom stereocenters. The summed E-state index contributed by atoms with van der Waals surface area (Å²) < 4.78 is 26.9. The van der Waals surface area contributed by atoms with Crippen molar-refractivity contribution in [3.8, 4) is 11.6 Å². The molecule has 0 bridgehead atoms. The van der Waals surface area contributed by atoms with Crippen molar-refractivity contribution in [2.75, 3.05) is 43.3 Å². The standard InChI is InChI=1S/C26H33FN4O4S/c27-17-34-22-6-7-23(30-25(22)35-18-2-1-3-18)29-24(33)20-5-4-19(36-28-12-15-32)16-21(20)31-13-10-26(8-9-26)11-14-31/h4-7,16,18,28,32H,1-3,8-15,17H2,(H,29,30,33). The van der Waals surface area contributed by atoms with E-state index in [-0.39, 0.29) is 30.2 Å². The van der Waals surface area contributed by atoms with E-state index in [1.807, 2.05) is 18.2 Å². The third kappa shape index (κ3) is 5.87. The number of amides is 1. The Kier molecular flexibility index (Phi) is 7.83. The minimum Gasteiger partial charge on any atom is -0.472 e. The maximum Gasteiger partial charge on any atom is 0.259 e. The lowest BCUT2D eigenvalue weighted by Crippen LogP contribution is -2.35. The first kappa shape index (κ1) is 25.1. The number of aliphatic hydroxyl groups is 1. The second-order valence-electron chi connectivity index (χ2n) is 9.76. The van der Waals surface area contributed by atoms with Crippen LogP contribution in [0.5, 0.6) is 11.6 Å². The Morgan fingerprint density at radius 1 is 1.19 bits per heavy atom. The molecule has 1 aromatic carbocycles. The van der Waals surface area contributed by atoms with Crippen LogP contribution in [-0.2, 0) is 0 Å². The first-order valence-corrected chi connectivity index (χ1v) is 13.5. The van der Waals surface area contributed by atoms with E-state index in [9.17, 15) is 9.18 Å². The third-order valence-corrected chi connectivity index (χ3v) is 8.19. The number of carbonyl (C=O) groups excluding carboxylic acids is 1. The zero-order valence-corrected chi connectivity index (χ0v) is 21.1. The highest BCUT2D eigenvalue weighted by molar-refractivity contribution is 7.97. The zero-order valence-electron chi connectivity index (χ0n) is 20.3. The summed E-state index contributed by atoms with van der Waals surface area (Å²) >= 11 is 1.44. The molecule has 3 N–H and O–H groups in total. The monoisotopic (exact) mass is 516 g/mol. The topological polar surface area (TPSA) is 96.0 Å². The van der Waals surface area contributed by atoms with Gasteiger partial charge in [-0.05, 0) is 92.6 Å². The van der Waals surface area contributed by atoms with Crippen LogP contribution in [0.2, 0.25) is 0 Å². The largest absolute Gasteiger partial charge is 0.472 e. The highest BCUT2D eigenvalue weighted by Crippen LogP contribution is 2.54. The van der Waals surface area contributed by atoms with Crippen LogP contribution in [0.3, 0.4) is 0 Å². The van der Waals surface area contributed by atoms with Gasteiger partial charge >= 0.3 is 0 Å². The van der Waals surface area contributed by atoms with Gasteiger partial charge in [0.15, 0.2) is 5.75 Å². The lowest BCUT2D eigenvalue weighted by Gasteiger charge is -2.35. The molecule has 36 heavy (non-hydrogen) atoms. The van der Waals surface area contributed by atoms with Crippen LogP contribution in [0, 0.1) is 5.41 Å². The molecular formula is C26H33FN4O4S. The summed E-state index contributed by atoms with van der Waals surface area (Å²) in [6.07, 6.45) is 7.89. The summed E-state index contributed by atoms with van der Waals surface area (Å²) in [4.78, 5) is 21.1. The maximum absolute atomic E-state index is 13.4. The second-order valence-corrected chi connectivity index (χ2v) is 10.7. The second kappa shape index (κ2) is 11.2. The normalized spacial score (nSPS) is 18.6. The fraction of sp³-hybridized carbons (Fsp3) is 0.538. The van der Waals surface area contributed by atoms with E-state index in [0.29, 0.717) is 23.3 Å². The summed E-state index contributed by atoms with van der Waals surface area (Å²) in [5, 5.41) is 12.0. The number of benzene rings is 1. The molecule has 0 atom stereocenters. The van der Waals surface area contributed by atoms with Crippen molar-refractivity contribution in [2.45, 2.75) is 55.9 Å². The summed E-state index contributed by atoms with van der Waals surface area (Å²) in [5.74, 6) is 0.480. The van der Waals surface area contributed by atoms with Crippen molar-refractivity contribution in [3.05, 3.63) is 35.9 Å². The van der Waals surface area contributed by atoms with Gasteiger partial charge < -0.3 is 24.8 Å². The highest BCUT2D eigenvalue weighted by Gasteiger charge is 2.44. The molecule has 5 rings (SSSR count). The van der Waals surface area contributed by atoms with Gasteiger partial charge in [0.25, 0.3) is 11.8 Å². The van der Waals surface area contributed by atoms with Gasteiger partial charge in [0.05, 0.1) is 17.9 Å². The van der Waals surface area contributed by atoms with Crippen molar-refractivity contribution in [1.82, 2.24) is 9.71 Å².